The summed E-state index contributed by atoms with van der Waals surface area (Å²) in [4.78, 5) is 26.7. The van der Waals surface area contributed by atoms with Crippen LogP contribution >= 0.6 is 0 Å². The number of aromatic nitrogens is 1. The molecule has 2 rings (SSSR count). The highest BCUT2D eigenvalue weighted by molar-refractivity contribution is 5.86. The van der Waals surface area contributed by atoms with Crippen LogP contribution in [0.15, 0.2) is 35.1 Å². The van der Waals surface area contributed by atoms with Crippen molar-refractivity contribution in [3.8, 4) is 5.75 Å². The molecule has 0 fully saturated rings. The van der Waals surface area contributed by atoms with E-state index >= 15 is 0 Å². The molecule has 0 radical (unpaired) electrons. The number of nitrogens with zero attached hydrogens (tertiary/aromatic N) is 2. The van der Waals surface area contributed by atoms with Crippen molar-refractivity contribution in [2.45, 2.75) is 40.2 Å². The average molecular weight is 373 g/mol. The SMILES string of the molecule is CCCN(CCC)CCNC(=O)COc1cc(=O)n(CC)c2ccccc12. The predicted octanol–water partition coefficient (Wildman–Crippen LogP) is 2.64. The Morgan fingerprint density at radius 3 is 2.48 bits per heavy atom. The number of ether oxygens (including phenoxy) is 1. The average Bonchev–Trinajstić information content (AvgIpc) is 2.66. The first-order valence-electron chi connectivity index (χ1n) is 9.85. The molecule has 1 N–H and O–H groups in total. The number of benzene rings is 1. The van der Waals surface area contributed by atoms with Crippen LogP contribution in [-0.2, 0) is 11.3 Å². The van der Waals surface area contributed by atoms with Gasteiger partial charge in [-0.05, 0) is 45.0 Å². The number of nitrogens with one attached hydrogen (secondary N) is 1. The van der Waals surface area contributed by atoms with Gasteiger partial charge < -0.3 is 19.5 Å². The number of fused-ring (bicyclic) bond motifs is 1. The van der Waals surface area contributed by atoms with Gasteiger partial charge in [-0.15, -0.1) is 0 Å². The van der Waals surface area contributed by atoms with Crippen LogP contribution in [0.4, 0.5) is 0 Å². The Balaban J connectivity index is 1.95. The lowest BCUT2D eigenvalue weighted by Gasteiger charge is -2.21. The van der Waals surface area contributed by atoms with Gasteiger partial charge in [-0.2, -0.15) is 0 Å². The van der Waals surface area contributed by atoms with Crippen LogP contribution in [0, 0.1) is 0 Å². The highest BCUT2D eigenvalue weighted by Gasteiger charge is 2.11. The maximum absolute atomic E-state index is 12.3. The summed E-state index contributed by atoms with van der Waals surface area (Å²) in [5.74, 6) is 0.278. The van der Waals surface area contributed by atoms with Crippen molar-refractivity contribution in [3.63, 3.8) is 0 Å². The quantitative estimate of drug-likeness (QED) is 0.658. The molecule has 0 saturated heterocycles. The lowest BCUT2D eigenvalue weighted by Crippen LogP contribution is -2.37. The van der Waals surface area contributed by atoms with E-state index in [0.717, 1.165) is 43.4 Å². The van der Waals surface area contributed by atoms with Gasteiger partial charge in [0.05, 0.1) is 5.52 Å². The molecule has 1 amide bonds. The Kier molecular flexibility index (Phi) is 8.33. The van der Waals surface area contributed by atoms with E-state index in [2.05, 4.69) is 24.1 Å². The maximum Gasteiger partial charge on any atom is 0.257 e. The van der Waals surface area contributed by atoms with E-state index in [1.54, 1.807) is 4.57 Å². The summed E-state index contributed by atoms with van der Waals surface area (Å²) < 4.78 is 7.37. The molecule has 6 nitrogen and oxygen atoms in total. The van der Waals surface area contributed by atoms with Gasteiger partial charge >= 0.3 is 0 Å². The van der Waals surface area contributed by atoms with Gasteiger partial charge in [0, 0.05) is 31.1 Å². The van der Waals surface area contributed by atoms with Crippen molar-refractivity contribution in [2.75, 3.05) is 32.8 Å². The van der Waals surface area contributed by atoms with Crippen molar-refractivity contribution in [3.05, 3.63) is 40.7 Å². The van der Waals surface area contributed by atoms with Crippen LogP contribution in [0.2, 0.25) is 0 Å². The van der Waals surface area contributed by atoms with Gasteiger partial charge in [-0.25, -0.2) is 0 Å². The molecule has 0 aliphatic heterocycles. The van der Waals surface area contributed by atoms with Crippen molar-refractivity contribution in [2.24, 2.45) is 0 Å². The summed E-state index contributed by atoms with van der Waals surface area (Å²) >= 11 is 0. The molecule has 27 heavy (non-hydrogen) atoms. The van der Waals surface area contributed by atoms with E-state index in [9.17, 15) is 9.59 Å². The smallest absolute Gasteiger partial charge is 0.257 e. The molecule has 2 aromatic rings. The second kappa shape index (κ2) is 10.7. The zero-order valence-electron chi connectivity index (χ0n) is 16.7. The van der Waals surface area contributed by atoms with Crippen molar-refractivity contribution in [1.29, 1.82) is 0 Å². The Bertz CT molecular complexity index is 795. The van der Waals surface area contributed by atoms with Gasteiger partial charge in [0.25, 0.3) is 11.5 Å². The van der Waals surface area contributed by atoms with Crippen molar-refractivity contribution in [1.82, 2.24) is 14.8 Å². The maximum atomic E-state index is 12.3. The molecule has 0 atom stereocenters. The van der Waals surface area contributed by atoms with Crippen LogP contribution in [0.5, 0.6) is 5.75 Å². The molecule has 1 aromatic carbocycles. The van der Waals surface area contributed by atoms with Crippen LogP contribution in [0.1, 0.15) is 33.6 Å². The Morgan fingerprint density at radius 1 is 1.11 bits per heavy atom. The van der Waals surface area contributed by atoms with E-state index in [0.29, 0.717) is 18.8 Å². The van der Waals surface area contributed by atoms with Crippen LogP contribution in [0.25, 0.3) is 10.9 Å². The summed E-state index contributed by atoms with van der Waals surface area (Å²) in [6.07, 6.45) is 2.21. The number of carbonyl (C=O) groups excluding carboxylic acids is 1. The second-order valence-corrected chi connectivity index (χ2v) is 6.59. The fourth-order valence-electron chi connectivity index (χ4n) is 3.27. The van der Waals surface area contributed by atoms with Crippen molar-refractivity contribution >= 4 is 16.8 Å². The molecule has 148 valence electrons. The topological polar surface area (TPSA) is 63.6 Å². The highest BCUT2D eigenvalue weighted by atomic mass is 16.5. The molecular formula is C21H31N3O3. The second-order valence-electron chi connectivity index (χ2n) is 6.59. The minimum absolute atomic E-state index is 0.0961. The number of amides is 1. The lowest BCUT2D eigenvalue weighted by atomic mass is 10.2. The fraction of sp³-hybridized carbons (Fsp3) is 0.524. The molecule has 0 bridgehead atoms. The number of aryl methyl sites for hydroxylation is 1. The van der Waals surface area contributed by atoms with Gasteiger partial charge in [0.1, 0.15) is 5.75 Å². The predicted molar refractivity (Wildman–Crippen MR) is 109 cm³/mol. The Labute approximate surface area is 161 Å². The normalized spacial score (nSPS) is 11.1. The monoisotopic (exact) mass is 373 g/mol. The number of para-hydroxylation sites is 1. The summed E-state index contributed by atoms with van der Waals surface area (Å²) in [5.41, 5.74) is 0.694. The zero-order valence-corrected chi connectivity index (χ0v) is 16.7. The Morgan fingerprint density at radius 2 is 1.81 bits per heavy atom. The largest absolute Gasteiger partial charge is 0.483 e. The van der Waals surface area contributed by atoms with E-state index in [1.165, 1.54) is 6.07 Å². The minimum Gasteiger partial charge on any atom is -0.483 e. The first-order valence-corrected chi connectivity index (χ1v) is 9.85. The van der Waals surface area contributed by atoms with Crippen LogP contribution in [0.3, 0.4) is 0 Å². The number of carbonyl (C=O) groups is 1. The molecule has 1 heterocycles. The first kappa shape index (κ1) is 21.0. The third-order valence-electron chi connectivity index (χ3n) is 4.49. The number of rotatable bonds is 11. The number of hydrogen-bond acceptors (Lipinski definition) is 4. The van der Waals surface area contributed by atoms with E-state index in [4.69, 9.17) is 4.74 Å². The van der Waals surface area contributed by atoms with Gasteiger partial charge in [-0.1, -0.05) is 26.0 Å². The van der Waals surface area contributed by atoms with E-state index in [-0.39, 0.29) is 18.1 Å². The first-order chi connectivity index (χ1) is 13.1. The molecule has 6 heteroatoms. The van der Waals surface area contributed by atoms with Gasteiger partial charge in [-0.3, -0.25) is 9.59 Å². The summed E-state index contributed by atoms with van der Waals surface area (Å²) in [6.45, 7) is 10.3. The van der Waals surface area contributed by atoms with E-state index < -0.39 is 0 Å². The molecule has 0 unspecified atom stereocenters. The highest BCUT2D eigenvalue weighted by Crippen LogP contribution is 2.23. The van der Waals surface area contributed by atoms with Crippen LogP contribution < -0.4 is 15.6 Å². The molecule has 0 spiro atoms. The molecule has 0 saturated carbocycles. The van der Waals surface area contributed by atoms with Gasteiger partial charge in [0.2, 0.25) is 0 Å². The number of hydrogen-bond donors (Lipinski definition) is 1. The fourth-order valence-corrected chi connectivity index (χ4v) is 3.27. The molecule has 0 aliphatic rings. The molecule has 0 aliphatic carbocycles. The van der Waals surface area contributed by atoms with Crippen molar-refractivity contribution < 1.29 is 9.53 Å². The standard InChI is InChI=1S/C21H31N3O3/c1-4-12-23(13-5-2)14-11-22-20(25)16-27-19-15-21(26)24(6-3)18-10-8-7-9-17(18)19/h7-10,15H,4-6,11-14,16H2,1-3H3,(H,22,25). The summed E-state index contributed by atoms with van der Waals surface area (Å²) in [6, 6.07) is 9.05. The molecular weight excluding hydrogens is 342 g/mol. The number of pyridine rings is 1. The summed E-state index contributed by atoms with van der Waals surface area (Å²) in [5, 5.41) is 3.73. The minimum atomic E-state index is -0.174. The summed E-state index contributed by atoms with van der Waals surface area (Å²) in [7, 11) is 0. The lowest BCUT2D eigenvalue weighted by molar-refractivity contribution is -0.123. The third-order valence-corrected chi connectivity index (χ3v) is 4.49. The van der Waals surface area contributed by atoms with E-state index in [1.807, 2.05) is 31.2 Å². The zero-order chi connectivity index (χ0) is 19.6. The molecule has 1 aromatic heterocycles. The van der Waals surface area contributed by atoms with Gasteiger partial charge in [0.15, 0.2) is 6.61 Å². The van der Waals surface area contributed by atoms with Crippen LogP contribution in [-0.4, -0.2) is 48.2 Å². The Hall–Kier alpha value is -2.34. The third kappa shape index (κ3) is 5.82.